The number of nitrogens with zero attached hydrogens (tertiary/aromatic N) is 5. The van der Waals surface area contributed by atoms with Crippen LogP contribution in [0.3, 0.4) is 0 Å². The molecule has 0 spiro atoms. The van der Waals surface area contributed by atoms with Crippen molar-refractivity contribution in [2.75, 3.05) is 45.8 Å². The summed E-state index contributed by atoms with van der Waals surface area (Å²) >= 11 is 0. The van der Waals surface area contributed by atoms with Crippen LogP contribution in [0.4, 0.5) is 0 Å². The van der Waals surface area contributed by atoms with E-state index in [-0.39, 0.29) is 11.5 Å². The quantitative estimate of drug-likeness (QED) is 0.583. The second-order valence-electron chi connectivity index (χ2n) is 8.32. The molecule has 1 amide bonds. The third kappa shape index (κ3) is 4.22. The smallest absolute Gasteiger partial charge is 0.291 e. The number of amides is 1. The molecule has 0 bridgehead atoms. The molecule has 2 aromatic heterocycles. The summed E-state index contributed by atoms with van der Waals surface area (Å²) in [5, 5.41) is 8.97. The molecule has 0 aliphatic carbocycles. The van der Waals surface area contributed by atoms with Crippen molar-refractivity contribution in [1.29, 1.82) is 0 Å². The predicted octanol–water partition coefficient (Wildman–Crippen LogP) is 1.59. The predicted molar refractivity (Wildman–Crippen MR) is 123 cm³/mol. The Morgan fingerprint density at radius 1 is 1.13 bits per heavy atom. The van der Waals surface area contributed by atoms with E-state index in [1.54, 1.807) is 13.2 Å². The van der Waals surface area contributed by atoms with E-state index in [4.69, 9.17) is 0 Å². The molecule has 1 aromatic carbocycles. The molecule has 0 radical (unpaired) electrons. The molecule has 8 heteroatoms. The summed E-state index contributed by atoms with van der Waals surface area (Å²) in [6.45, 7) is 11.2. The summed E-state index contributed by atoms with van der Waals surface area (Å²) in [5.74, 6) is -0.0719. The second-order valence-corrected chi connectivity index (χ2v) is 8.32. The molecule has 0 saturated carbocycles. The zero-order chi connectivity index (χ0) is 22.0. The van der Waals surface area contributed by atoms with Crippen LogP contribution in [0, 0.1) is 0 Å². The molecule has 1 aliphatic rings. The van der Waals surface area contributed by atoms with Crippen molar-refractivity contribution in [3.63, 3.8) is 0 Å². The third-order valence-corrected chi connectivity index (χ3v) is 6.44. The molecule has 1 atom stereocenters. The van der Waals surface area contributed by atoms with Gasteiger partial charge in [0.1, 0.15) is 11.6 Å². The Morgan fingerprint density at radius 3 is 2.58 bits per heavy atom. The molecule has 3 aromatic rings. The van der Waals surface area contributed by atoms with Gasteiger partial charge in [-0.25, -0.2) is 4.68 Å². The van der Waals surface area contributed by atoms with Gasteiger partial charge >= 0.3 is 0 Å². The Morgan fingerprint density at radius 2 is 1.84 bits per heavy atom. The van der Waals surface area contributed by atoms with E-state index in [2.05, 4.69) is 27.1 Å². The Kier molecular flexibility index (Phi) is 6.38. The average Bonchev–Trinajstić information content (AvgIpc) is 3.14. The van der Waals surface area contributed by atoms with Crippen molar-refractivity contribution in [3.05, 3.63) is 40.8 Å². The largest absolute Gasteiger partial charge is 0.354 e. The Hall–Kier alpha value is -2.71. The van der Waals surface area contributed by atoms with E-state index >= 15 is 0 Å². The van der Waals surface area contributed by atoms with Crippen molar-refractivity contribution in [3.8, 4) is 0 Å². The van der Waals surface area contributed by atoms with Crippen molar-refractivity contribution in [2.45, 2.75) is 26.3 Å². The molecule has 1 fully saturated rings. The zero-order valence-electron chi connectivity index (χ0n) is 18.7. The SMILES string of the molecule is CCN1CCN(CCCNC(=O)[C@H](C)n2c3ccccc3c3cnn(C)c(=O)c32)CC1. The van der Waals surface area contributed by atoms with E-state index < -0.39 is 6.04 Å². The minimum absolute atomic E-state index is 0.0719. The average molecular weight is 425 g/mol. The number of hydrogen-bond donors (Lipinski definition) is 1. The lowest BCUT2D eigenvalue weighted by Crippen LogP contribution is -2.46. The molecule has 0 unspecified atom stereocenters. The van der Waals surface area contributed by atoms with Gasteiger partial charge in [-0.15, -0.1) is 0 Å². The number of fused-ring (bicyclic) bond motifs is 3. The second kappa shape index (κ2) is 9.20. The van der Waals surface area contributed by atoms with Gasteiger partial charge in [0.2, 0.25) is 5.91 Å². The van der Waals surface area contributed by atoms with Crippen LogP contribution in [0.5, 0.6) is 0 Å². The van der Waals surface area contributed by atoms with E-state index in [9.17, 15) is 9.59 Å². The molecule has 1 N–H and O–H groups in total. The first-order valence-corrected chi connectivity index (χ1v) is 11.2. The summed E-state index contributed by atoms with van der Waals surface area (Å²) in [4.78, 5) is 30.8. The van der Waals surface area contributed by atoms with E-state index in [0.717, 1.165) is 62.0 Å². The van der Waals surface area contributed by atoms with Crippen LogP contribution in [0.2, 0.25) is 0 Å². The number of carbonyl (C=O) groups is 1. The maximum Gasteiger partial charge on any atom is 0.291 e. The standard InChI is InChI=1S/C23H32N6O2/c1-4-27-12-14-28(15-13-27)11-7-10-24-22(30)17(2)29-20-9-6-5-8-18(20)19-16-25-26(3)23(31)21(19)29/h5-6,8-9,16-17H,4,7,10-15H2,1-3H3,(H,24,30)/t17-/m0/s1. The first kappa shape index (κ1) is 21.5. The van der Waals surface area contributed by atoms with Crippen molar-refractivity contribution in [2.24, 2.45) is 7.05 Å². The minimum Gasteiger partial charge on any atom is -0.354 e. The highest BCUT2D eigenvalue weighted by Crippen LogP contribution is 2.29. The van der Waals surface area contributed by atoms with Gasteiger partial charge in [-0.05, 0) is 32.5 Å². The molecule has 4 rings (SSSR count). The fourth-order valence-electron chi connectivity index (χ4n) is 4.50. The topological polar surface area (TPSA) is 75.4 Å². The number of hydrogen-bond acceptors (Lipinski definition) is 5. The summed E-state index contributed by atoms with van der Waals surface area (Å²) in [7, 11) is 1.63. The highest BCUT2D eigenvalue weighted by atomic mass is 16.2. The van der Waals surface area contributed by atoms with Crippen molar-refractivity contribution >= 4 is 27.7 Å². The number of aromatic nitrogens is 3. The number of benzene rings is 1. The molecule has 1 aliphatic heterocycles. The minimum atomic E-state index is -0.495. The highest BCUT2D eigenvalue weighted by Gasteiger charge is 2.23. The highest BCUT2D eigenvalue weighted by molar-refractivity contribution is 6.08. The first-order chi connectivity index (χ1) is 15.0. The van der Waals surface area contributed by atoms with Gasteiger partial charge < -0.3 is 19.7 Å². The van der Waals surface area contributed by atoms with Crippen LogP contribution in [0.15, 0.2) is 35.3 Å². The summed E-state index contributed by atoms with van der Waals surface area (Å²) in [6.07, 6.45) is 2.63. The summed E-state index contributed by atoms with van der Waals surface area (Å²) < 4.78 is 3.18. The van der Waals surface area contributed by atoms with E-state index in [1.807, 2.05) is 35.8 Å². The van der Waals surface area contributed by atoms with Crippen LogP contribution in [-0.4, -0.2) is 75.9 Å². The van der Waals surface area contributed by atoms with Crippen LogP contribution in [0.1, 0.15) is 26.3 Å². The van der Waals surface area contributed by atoms with Crippen LogP contribution in [-0.2, 0) is 11.8 Å². The van der Waals surface area contributed by atoms with Crippen LogP contribution < -0.4 is 10.9 Å². The van der Waals surface area contributed by atoms with Crippen LogP contribution in [0.25, 0.3) is 21.8 Å². The number of carbonyl (C=O) groups excluding carboxylic acids is 1. The Balaban J connectivity index is 1.45. The molecule has 166 valence electrons. The lowest BCUT2D eigenvalue weighted by Gasteiger charge is -2.34. The molecular formula is C23H32N6O2. The molecule has 1 saturated heterocycles. The number of para-hydroxylation sites is 1. The molecular weight excluding hydrogens is 392 g/mol. The monoisotopic (exact) mass is 424 g/mol. The molecule has 31 heavy (non-hydrogen) atoms. The number of rotatable bonds is 7. The van der Waals surface area contributed by atoms with Gasteiger partial charge in [-0.3, -0.25) is 9.59 Å². The number of piperazine rings is 1. The number of likely N-dealkylation sites (N-methyl/N-ethyl adjacent to an activating group) is 1. The van der Waals surface area contributed by atoms with Gasteiger partial charge in [-0.1, -0.05) is 25.1 Å². The lowest BCUT2D eigenvalue weighted by atomic mass is 10.2. The number of nitrogens with one attached hydrogen (secondary N) is 1. The summed E-state index contributed by atoms with van der Waals surface area (Å²) in [6, 6.07) is 7.30. The van der Waals surface area contributed by atoms with Gasteiger partial charge in [0, 0.05) is 50.5 Å². The van der Waals surface area contributed by atoms with Gasteiger partial charge in [0.25, 0.3) is 5.56 Å². The van der Waals surface area contributed by atoms with Crippen molar-refractivity contribution < 1.29 is 4.79 Å². The van der Waals surface area contributed by atoms with Crippen molar-refractivity contribution in [1.82, 2.24) is 29.5 Å². The van der Waals surface area contributed by atoms with Gasteiger partial charge in [0.05, 0.1) is 11.7 Å². The fraction of sp³-hybridized carbons (Fsp3) is 0.522. The lowest BCUT2D eigenvalue weighted by molar-refractivity contribution is -0.123. The Bertz CT molecular complexity index is 1130. The molecule has 3 heterocycles. The Labute approximate surface area is 182 Å². The summed E-state index contributed by atoms with van der Waals surface area (Å²) in [5.41, 5.74) is 1.20. The molecule has 8 nitrogen and oxygen atoms in total. The zero-order valence-corrected chi connectivity index (χ0v) is 18.7. The normalized spacial score (nSPS) is 16.7. The first-order valence-electron chi connectivity index (χ1n) is 11.2. The maximum absolute atomic E-state index is 13.0. The van der Waals surface area contributed by atoms with E-state index in [0.29, 0.717) is 12.1 Å². The maximum atomic E-state index is 13.0. The van der Waals surface area contributed by atoms with Gasteiger partial charge in [-0.2, -0.15) is 5.10 Å². The third-order valence-electron chi connectivity index (χ3n) is 6.44. The number of aryl methyl sites for hydroxylation is 1. The van der Waals surface area contributed by atoms with Crippen LogP contribution >= 0.6 is 0 Å². The van der Waals surface area contributed by atoms with E-state index in [1.165, 1.54) is 4.68 Å². The van der Waals surface area contributed by atoms with Gasteiger partial charge in [0.15, 0.2) is 0 Å². The fourth-order valence-corrected chi connectivity index (χ4v) is 4.50.